The van der Waals surface area contributed by atoms with Gasteiger partial charge >= 0.3 is 30.0 Å². The van der Waals surface area contributed by atoms with E-state index in [1.165, 1.54) is 24.3 Å². The van der Waals surface area contributed by atoms with Crippen molar-refractivity contribution in [1.29, 1.82) is 0 Å². The van der Waals surface area contributed by atoms with Crippen LogP contribution >= 0.6 is 0 Å². The lowest BCUT2D eigenvalue weighted by atomic mass is 9.93. The zero-order valence-corrected chi connectivity index (χ0v) is 32.1. The summed E-state index contributed by atoms with van der Waals surface area (Å²) in [6.07, 6.45) is -15.3. The maximum Gasteiger partial charge on any atom is 0.471 e. The molecule has 1 N–H and O–H groups in total. The van der Waals surface area contributed by atoms with Crippen molar-refractivity contribution in [2.45, 2.75) is 101 Å². The molecule has 10 atom stereocenters. The van der Waals surface area contributed by atoms with Gasteiger partial charge in [-0.1, -0.05) is 57.8 Å². The average molecular weight is 849 g/mol. The van der Waals surface area contributed by atoms with E-state index in [0.717, 1.165) is 26.3 Å². The van der Waals surface area contributed by atoms with Crippen LogP contribution in [0.2, 0.25) is 0 Å². The second-order valence-corrected chi connectivity index (χ2v) is 13.0. The van der Waals surface area contributed by atoms with E-state index in [1.54, 1.807) is 35.6 Å². The van der Waals surface area contributed by atoms with Crippen LogP contribution in [0, 0.1) is 0 Å². The molecule has 0 saturated carbocycles. The molecule has 2 heterocycles. The molecule has 2 saturated heterocycles. The van der Waals surface area contributed by atoms with Crippen molar-refractivity contribution in [2.75, 3.05) is 25.1 Å². The third-order valence-electron chi connectivity index (χ3n) is 8.69. The molecule has 60 heavy (non-hydrogen) atoms. The first kappa shape index (κ1) is 46.5. The fourth-order valence-electron chi connectivity index (χ4n) is 6.17. The number of amides is 1. The van der Waals surface area contributed by atoms with Crippen LogP contribution in [0.4, 0.5) is 18.9 Å². The average Bonchev–Trinajstić information content (AvgIpc) is 3.19. The molecule has 22 nitrogen and oxygen atoms in total. The second-order valence-electron chi connectivity index (χ2n) is 13.0. The highest BCUT2D eigenvalue weighted by Crippen LogP contribution is 2.36. The highest BCUT2D eigenvalue weighted by Gasteiger charge is 2.54. The summed E-state index contributed by atoms with van der Waals surface area (Å²) in [5.41, 5.74) is 30.2. The summed E-state index contributed by atoms with van der Waals surface area (Å²) in [5, 5.41) is 13.1. The van der Waals surface area contributed by atoms with E-state index >= 15 is 0 Å². The number of carbonyl (C=O) groups is 4. The number of halogens is 3. The molecule has 0 unspecified atom stereocenters. The summed E-state index contributed by atoms with van der Waals surface area (Å²) >= 11 is 0. The van der Waals surface area contributed by atoms with Crippen LogP contribution in [0.3, 0.4) is 0 Å². The van der Waals surface area contributed by atoms with Gasteiger partial charge in [-0.15, -0.1) is 0 Å². The molecule has 1 amide bonds. The normalized spacial score (nSPS) is 26.2. The Bertz CT molecular complexity index is 1950. The minimum absolute atomic E-state index is 0.0503. The number of azide groups is 3. The molecule has 2 aromatic rings. The summed E-state index contributed by atoms with van der Waals surface area (Å²) in [5.74, 6) is -4.65. The molecule has 322 valence electrons. The number of nitrogens with zero attached hydrogens (tertiary/aromatic N) is 9. The molecule has 0 bridgehead atoms. The number of ether oxygens (including phenoxy) is 8. The molecular weight excluding hydrogens is 809 g/mol. The molecule has 4 rings (SSSR count). The van der Waals surface area contributed by atoms with Crippen molar-refractivity contribution in [3.63, 3.8) is 0 Å². The van der Waals surface area contributed by atoms with Crippen molar-refractivity contribution >= 4 is 29.5 Å². The zero-order chi connectivity index (χ0) is 43.8. The van der Waals surface area contributed by atoms with Crippen LogP contribution in [0.25, 0.3) is 31.3 Å². The molecule has 2 aromatic carbocycles. The highest BCUT2D eigenvalue weighted by molar-refractivity contribution is 5.94. The summed E-state index contributed by atoms with van der Waals surface area (Å²) in [6, 6.07) is 9.79. The van der Waals surface area contributed by atoms with E-state index in [2.05, 4.69) is 30.1 Å². The standard InChI is InChI=1S/C35H39F3N10O12/c1-18(49)55-17-25-30(56-19(2)50)31(57-20(3)51)28(45-48-41)33(59-25)60-29-24(16-53-15-22-7-5-4-6-8-22)58-32(27(44-47-40)26(29)43-46-39)54-14-13-21-9-11-23(12-10-21)42-34(52)35(36,37)38/h4-12,24-33H,13-17H2,1-3H3,(H,42,52)/t24-,25-,26-,27+,28-,29-,30-,31-,32+,33-/m1/s1. The van der Waals surface area contributed by atoms with Gasteiger partial charge in [-0.05, 0) is 46.3 Å². The van der Waals surface area contributed by atoms with Crippen molar-refractivity contribution in [1.82, 2.24) is 0 Å². The highest BCUT2D eigenvalue weighted by atomic mass is 19.4. The minimum atomic E-state index is -5.08. The largest absolute Gasteiger partial charge is 0.471 e. The number of carbonyl (C=O) groups excluding carboxylic acids is 4. The molecule has 0 radical (unpaired) electrons. The van der Waals surface area contributed by atoms with Gasteiger partial charge in [0.2, 0.25) is 0 Å². The Labute approximate surface area is 338 Å². The number of alkyl halides is 3. The molecule has 0 aliphatic carbocycles. The first-order valence-electron chi connectivity index (χ1n) is 17.9. The summed E-state index contributed by atoms with van der Waals surface area (Å²) in [4.78, 5) is 56.3. The van der Waals surface area contributed by atoms with Gasteiger partial charge in [-0.3, -0.25) is 19.2 Å². The number of benzene rings is 2. The van der Waals surface area contributed by atoms with Gasteiger partial charge in [0.15, 0.2) is 24.8 Å². The molecule has 2 aliphatic rings. The Hall–Kier alpha value is -6.16. The maximum atomic E-state index is 12.7. The fraction of sp³-hybridized carbons (Fsp3) is 0.543. The molecule has 2 aliphatic heterocycles. The van der Waals surface area contributed by atoms with Gasteiger partial charge in [-0.2, -0.15) is 13.2 Å². The summed E-state index contributed by atoms with van der Waals surface area (Å²) < 4.78 is 84.7. The molecule has 0 spiro atoms. The lowest BCUT2D eigenvalue weighted by molar-refractivity contribution is -0.317. The number of nitrogens with one attached hydrogen (secondary N) is 1. The van der Waals surface area contributed by atoms with Crippen molar-refractivity contribution < 1.29 is 70.2 Å². The topological polar surface area (TPSA) is 300 Å². The molecule has 0 aromatic heterocycles. The quantitative estimate of drug-likeness (QED) is 0.0660. The second kappa shape index (κ2) is 22.3. The van der Waals surface area contributed by atoms with E-state index in [4.69, 9.17) is 37.9 Å². The Morgan fingerprint density at radius 1 is 0.717 bits per heavy atom. The lowest BCUT2D eigenvalue weighted by Gasteiger charge is -2.48. The number of rotatable bonds is 18. The Kier molecular flexibility index (Phi) is 17.3. The predicted molar refractivity (Wildman–Crippen MR) is 196 cm³/mol. The summed E-state index contributed by atoms with van der Waals surface area (Å²) in [7, 11) is 0. The SMILES string of the molecule is CC(=O)OC[C@H]1O[C@H](O[C@H]2[C@H](N=[N+]=[N-])[C@H](N=[N+]=[N-])[C@@H](OCCc3ccc(NC(=O)C(F)(F)F)cc3)O[C@@H]2COCc2ccccc2)[C@H](N=[N+]=[N-])[C@@H](OC(C)=O)[C@@H]1OC(C)=O. The van der Waals surface area contributed by atoms with Crippen molar-refractivity contribution in [3.05, 3.63) is 97.1 Å². The third kappa shape index (κ3) is 13.4. The summed E-state index contributed by atoms with van der Waals surface area (Å²) in [6.45, 7) is 2.22. The molecular formula is C35H39F3N10O12. The monoisotopic (exact) mass is 848 g/mol. The number of anilines is 1. The van der Waals surface area contributed by atoms with Crippen LogP contribution < -0.4 is 5.32 Å². The predicted octanol–water partition coefficient (Wildman–Crippen LogP) is 5.26. The Morgan fingerprint density at radius 3 is 1.90 bits per heavy atom. The van der Waals surface area contributed by atoms with Gasteiger partial charge in [0.1, 0.15) is 24.9 Å². The van der Waals surface area contributed by atoms with Gasteiger partial charge in [0, 0.05) is 41.2 Å². The minimum Gasteiger partial charge on any atom is -0.463 e. The smallest absolute Gasteiger partial charge is 0.463 e. The maximum absolute atomic E-state index is 12.7. The van der Waals surface area contributed by atoms with Gasteiger partial charge in [-0.25, -0.2) is 0 Å². The Balaban J connectivity index is 1.67. The molecule has 2 fully saturated rings. The number of hydrogen-bond donors (Lipinski definition) is 1. The van der Waals surface area contributed by atoms with Crippen LogP contribution in [-0.2, 0) is 70.1 Å². The number of esters is 3. The van der Waals surface area contributed by atoms with Gasteiger partial charge < -0.3 is 43.2 Å². The van der Waals surface area contributed by atoms with E-state index < -0.39 is 97.8 Å². The first-order chi connectivity index (χ1) is 28.6. The third-order valence-corrected chi connectivity index (χ3v) is 8.69. The van der Waals surface area contributed by atoms with Gasteiger partial charge in [0.25, 0.3) is 0 Å². The van der Waals surface area contributed by atoms with Crippen LogP contribution in [-0.4, -0.2) is 111 Å². The van der Waals surface area contributed by atoms with Gasteiger partial charge in [0.05, 0.1) is 38.0 Å². The van der Waals surface area contributed by atoms with Crippen LogP contribution in [0.1, 0.15) is 31.9 Å². The van der Waals surface area contributed by atoms with E-state index in [0.29, 0.717) is 5.56 Å². The van der Waals surface area contributed by atoms with E-state index in [-0.39, 0.29) is 31.9 Å². The molecule has 25 heteroatoms. The van der Waals surface area contributed by atoms with Crippen molar-refractivity contribution in [2.24, 2.45) is 15.3 Å². The Morgan fingerprint density at radius 2 is 1.30 bits per heavy atom. The first-order valence-corrected chi connectivity index (χ1v) is 17.9. The number of hydrogen-bond acceptors (Lipinski definition) is 15. The fourth-order valence-corrected chi connectivity index (χ4v) is 6.17. The zero-order valence-electron chi connectivity index (χ0n) is 32.1. The lowest BCUT2D eigenvalue weighted by Crippen LogP contribution is -2.65. The van der Waals surface area contributed by atoms with E-state index in [9.17, 15) is 48.9 Å². The van der Waals surface area contributed by atoms with E-state index in [1.807, 2.05) is 0 Å². The van der Waals surface area contributed by atoms with Crippen molar-refractivity contribution in [3.8, 4) is 0 Å². The van der Waals surface area contributed by atoms with Crippen LogP contribution in [0.5, 0.6) is 0 Å². The van der Waals surface area contributed by atoms with Crippen LogP contribution in [0.15, 0.2) is 69.9 Å².